The van der Waals surface area contributed by atoms with Gasteiger partial charge in [0.15, 0.2) is 11.5 Å². The molecule has 0 unspecified atom stereocenters. The summed E-state index contributed by atoms with van der Waals surface area (Å²) >= 11 is 1.58. The number of thiophene rings is 1. The van der Waals surface area contributed by atoms with Crippen molar-refractivity contribution >= 4 is 22.5 Å². The number of fused-ring (bicyclic) bond motifs is 1. The molecule has 0 spiro atoms. The van der Waals surface area contributed by atoms with Crippen LogP contribution >= 0.6 is 11.3 Å². The molecule has 3 aromatic rings. The van der Waals surface area contributed by atoms with Crippen LogP contribution < -0.4 is 11.2 Å². The van der Waals surface area contributed by atoms with E-state index in [1.807, 2.05) is 12.3 Å². The van der Waals surface area contributed by atoms with E-state index >= 15 is 0 Å². The zero-order valence-electron chi connectivity index (χ0n) is 11.9. The molecule has 110 valence electrons. The van der Waals surface area contributed by atoms with Crippen LogP contribution in [0.4, 0.5) is 0 Å². The molecule has 0 atom stereocenters. The Balaban J connectivity index is 2.29. The molecule has 0 saturated heterocycles. The number of nitrogens with one attached hydrogen (secondary N) is 2. The smallest absolute Gasteiger partial charge is 0.330 e. The van der Waals surface area contributed by atoms with Gasteiger partial charge in [-0.3, -0.25) is 14.3 Å². The Kier molecular flexibility index (Phi) is 3.50. The predicted molar refractivity (Wildman–Crippen MR) is 84.0 cm³/mol. The van der Waals surface area contributed by atoms with Gasteiger partial charge in [-0.25, -0.2) is 9.78 Å². The zero-order chi connectivity index (χ0) is 15.0. The number of rotatable bonds is 4. The predicted octanol–water partition coefficient (Wildman–Crippen LogP) is 2.11. The van der Waals surface area contributed by atoms with E-state index in [0.717, 1.165) is 17.7 Å². The van der Waals surface area contributed by atoms with Gasteiger partial charge in [-0.05, 0) is 29.9 Å². The molecule has 0 aromatic carbocycles. The number of hydrogen-bond acceptors (Lipinski definition) is 4. The molecular weight excluding hydrogens is 288 g/mol. The molecule has 6 nitrogen and oxygen atoms in total. The lowest BCUT2D eigenvalue weighted by molar-refractivity contribution is 0.653. The lowest BCUT2D eigenvalue weighted by Crippen LogP contribution is -2.30. The fourth-order valence-electron chi connectivity index (χ4n) is 2.40. The molecule has 3 rings (SSSR count). The van der Waals surface area contributed by atoms with Gasteiger partial charge in [0.05, 0.1) is 4.88 Å². The summed E-state index contributed by atoms with van der Waals surface area (Å²) < 4.78 is 1.51. The Morgan fingerprint density at radius 3 is 2.81 bits per heavy atom. The fraction of sp³-hybridized carbons (Fsp3) is 0.357. The van der Waals surface area contributed by atoms with Crippen LogP contribution in [-0.4, -0.2) is 19.5 Å². The number of nitrogens with zero attached hydrogens (tertiary/aromatic N) is 2. The first-order chi connectivity index (χ1) is 10.2. The van der Waals surface area contributed by atoms with Crippen molar-refractivity contribution in [2.75, 3.05) is 0 Å². The fourth-order valence-corrected chi connectivity index (χ4v) is 3.34. The highest BCUT2D eigenvalue weighted by Crippen LogP contribution is 2.28. The third kappa shape index (κ3) is 2.23. The molecule has 0 fully saturated rings. The first kappa shape index (κ1) is 13.8. The summed E-state index contributed by atoms with van der Waals surface area (Å²) in [6.07, 6.45) is 1.69. The van der Waals surface area contributed by atoms with Gasteiger partial charge in [0.1, 0.15) is 5.52 Å². The van der Waals surface area contributed by atoms with Crippen molar-refractivity contribution in [2.24, 2.45) is 0 Å². The summed E-state index contributed by atoms with van der Waals surface area (Å²) in [5.74, 6) is 0.651. The monoisotopic (exact) mass is 304 g/mol. The molecule has 0 aliphatic rings. The minimum Gasteiger partial charge on any atom is -0.331 e. The van der Waals surface area contributed by atoms with Crippen LogP contribution in [0.3, 0.4) is 0 Å². The van der Waals surface area contributed by atoms with Crippen LogP contribution in [0.25, 0.3) is 21.9 Å². The SMILES string of the molecule is CCCn1c(=O)[nH]c(=O)c2[nH]c(-c3sccc3CC)nc21. The summed E-state index contributed by atoms with van der Waals surface area (Å²) in [6, 6.07) is 2.05. The molecule has 0 radical (unpaired) electrons. The van der Waals surface area contributed by atoms with Gasteiger partial charge >= 0.3 is 5.69 Å². The second-order valence-corrected chi connectivity index (χ2v) is 5.74. The number of aromatic amines is 2. The molecule has 3 aromatic heterocycles. The summed E-state index contributed by atoms with van der Waals surface area (Å²) in [6.45, 7) is 4.58. The van der Waals surface area contributed by atoms with Crippen molar-refractivity contribution in [2.45, 2.75) is 33.2 Å². The average molecular weight is 304 g/mol. The Morgan fingerprint density at radius 2 is 2.10 bits per heavy atom. The Bertz CT molecular complexity index is 900. The van der Waals surface area contributed by atoms with Crippen molar-refractivity contribution < 1.29 is 0 Å². The second-order valence-electron chi connectivity index (χ2n) is 4.82. The Morgan fingerprint density at radius 1 is 1.29 bits per heavy atom. The van der Waals surface area contributed by atoms with Crippen molar-refractivity contribution in [3.05, 3.63) is 37.8 Å². The van der Waals surface area contributed by atoms with E-state index in [2.05, 4.69) is 27.9 Å². The van der Waals surface area contributed by atoms with Crippen molar-refractivity contribution in [3.8, 4) is 10.7 Å². The van der Waals surface area contributed by atoms with Crippen molar-refractivity contribution in [1.29, 1.82) is 0 Å². The highest BCUT2D eigenvalue weighted by molar-refractivity contribution is 7.13. The summed E-state index contributed by atoms with van der Waals surface area (Å²) in [5, 5.41) is 2.00. The maximum Gasteiger partial charge on any atom is 0.330 e. The molecular formula is C14H16N4O2S. The van der Waals surface area contributed by atoms with Crippen LogP contribution in [0.1, 0.15) is 25.8 Å². The van der Waals surface area contributed by atoms with Gasteiger partial charge in [-0.2, -0.15) is 0 Å². The topological polar surface area (TPSA) is 83.5 Å². The maximum absolute atomic E-state index is 12.0. The molecule has 7 heteroatoms. The third-order valence-corrected chi connectivity index (χ3v) is 4.39. The quantitative estimate of drug-likeness (QED) is 0.774. The second kappa shape index (κ2) is 5.33. The molecule has 3 heterocycles. The normalized spacial score (nSPS) is 11.3. The number of imidazole rings is 1. The Labute approximate surface area is 124 Å². The van der Waals surface area contributed by atoms with E-state index in [-0.39, 0.29) is 0 Å². The molecule has 2 N–H and O–H groups in total. The summed E-state index contributed by atoms with van der Waals surface area (Å²) in [7, 11) is 0. The molecule has 0 bridgehead atoms. The lowest BCUT2D eigenvalue weighted by atomic mass is 10.2. The Hall–Kier alpha value is -2.15. The molecule has 0 aliphatic carbocycles. The minimum atomic E-state index is -0.421. The van der Waals surface area contributed by atoms with E-state index in [9.17, 15) is 9.59 Å². The third-order valence-electron chi connectivity index (χ3n) is 3.42. The van der Waals surface area contributed by atoms with Crippen LogP contribution in [-0.2, 0) is 13.0 Å². The lowest BCUT2D eigenvalue weighted by Gasteiger charge is -2.02. The van der Waals surface area contributed by atoms with E-state index in [1.54, 1.807) is 11.3 Å². The maximum atomic E-state index is 12.0. The highest BCUT2D eigenvalue weighted by atomic mass is 32.1. The first-order valence-electron chi connectivity index (χ1n) is 6.95. The largest absolute Gasteiger partial charge is 0.331 e. The van der Waals surface area contributed by atoms with E-state index in [0.29, 0.717) is 23.5 Å². The minimum absolute atomic E-state index is 0.355. The van der Waals surface area contributed by atoms with E-state index < -0.39 is 11.2 Å². The average Bonchev–Trinajstić information content (AvgIpc) is 3.09. The highest BCUT2D eigenvalue weighted by Gasteiger charge is 2.15. The van der Waals surface area contributed by atoms with Gasteiger partial charge in [0.25, 0.3) is 5.56 Å². The van der Waals surface area contributed by atoms with Crippen LogP contribution in [0, 0.1) is 0 Å². The first-order valence-corrected chi connectivity index (χ1v) is 7.83. The summed E-state index contributed by atoms with van der Waals surface area (Å²) in [4.78, 5) is 34.8. The van der Waals surface area contributed by atoms with Crippen LogP contribution in [0.5, 0.6) is 0 Å². The van der Waals surface area contributed by atoms with Crippen molar-refractivity contribution in [3.63, 3.8) is 0 Å². The zero-order valence-corrected chi connectivity index (χ0v) is 12.7. The number of aromatic nitrogens is 4. The molecule has 0 saturated carbocycles. The summed E-state index contributed by atoms with van der Waals surface area (Å²) in [5.41, 5.74) is 1.13. The number of aryl methyl sites for hydroxylation is 2. The molecule has 21 heavy (non-hydrogen) atoms. The molecule has 0 aliphatic heterocycles. The van der Waals surface area contributed by atoms with E-state index in [4.69, 9.17) is 0 Å². The van der Waals surface area contributed by atoms with Gasteiger partial charge in [0.2, 0.25) is 0 Å². The van der Waals surface area contributed by atoms with Gasteiger partial charge in [-0.1, -0.05) is 13.8 Å². The van der Waals surface area contributed by atoms with E-state index in [1.165, 1.54) is 10.1 Å². The van der Waals surface area contributed by atoms with Gasteiger partial charge in [-0.15, -0.1) is 11.3 Å². The number of hydrogen-bond donors (Lipinski definition) is 2. The van der Waals surface area contributed by atoms with Crippen molar-refractivity contribution in [1.82, 2.24) is 19.5 Å². The van der Waals surface area contributed by atoms with Crippen LogP contribution in [0.15, 0.2) is 21.0 Å². The number of H-pyrrole nitrogens is 2. The van der Waals surface area contributed by atoms with Gasteiger partial charge < -0.3 is 4.98 Å². The molecule has 0 amide bonds. The van der Waals surface area contributed by atoms with Crippen LogP contribution in [0.2, 0.25) is 0 Å². The standard InChI is InChI=1S/C14H16N4O2S/c1-3-6-18-12-9(13(19)17-14(18)20)15-11(16-12)10-8(4-2)5-7-21-10/h5,7H,3-4,6H2,1-2H3,(H,15,16)(H,17,19,20). The van der Waals surface area contributed by atoms with Gasteiger partial charge in [0, 0.05) is 6.54 Å².